The Labute approximate surface area is 127 Å². The third-order valence-corrected chi connectivity index (χ3v) is 3.73. The van der Waals surface area contributed by atoms with Gasteiger partial charge in [0.25, 0.3) is 0 Å². The normalized spacial score (nSPS) is 11.8. The van der Waals surface area contributed by atoms with E-state index in [2.05, 4.69) is 21.2 Å². The number of aliphatic hydroxyl groups is 1. The first-order chi connectivity index (χ1) is 9.31. The Morgan fingerprint density at radius 1 is 1.45 bits per heavy atom. The summed E-state index contributed by atoms with van der Waals surface area (Å²) in [5, 5.41) is 11.7. The average molecular weight is 343 g/mol. The summed E-state index contributed by atoms with van der Waals surface area (Å²) < 4.78 is 0.941. The van der Waals surface area contributed by atoms with Crippen molar-refractivity contribution in [2.75, 3.05) is 18.9 Å². The molecular formula is C14H19BrN2O3. The van der Waals surface area contributed by atoms with Gasteiger partial charge in [-0.3, -0.25) is 9.59 Å². The van der Waals surface area contributed by atoms with Gasteiger partial charge in [-0.2, -0.15) is 0 Å². The Morgan fingerprint density at radius 3 is 2.65 bits per heavy atom. The number of nitrogens with one attached hydrogen (secondary N) is 1. The first kappa shape index (κ1) is 16.7. The molecule has 0 radical (unpaired) electrons. The molecule has 0 aliphatic rings. The summed E-state index contributed by atoms with van der Waals surface area (Å²) in [5.41, 5.74) is 1.55. The monoisotopic (exact) mass is 342 g/mol. The molecule has 0 saturated carbocycles. The topological polar surface area (TPSA) is 69.6 Å². The first-order valence-corrected chi connectivity index (χ1v) is 7.11. The lowest BCUT2D eigenvalue weighted by Crippen LogP contribution is -2.38. The lowest BCUT2D eigenvalue weighted by atomic mass is 10.2. The Bertz CT molecular complexity index is 503. The fraction of sp³-hybridized carbons (Fsp3) is 0.429. The third kappa shape index (κ3) is 4.94. The van der Waals surface area contributed by atoms with E-state index in [1.807, 2.05) is 13.0 Å². The van der Waals surface area contributed by atoms with Gasteiger partial charge in [-0.25, -0.2) is 0 Å². The second-order valence-corrected chi connectivity index (χ2v) is 5.64. The van der Waals surface area contributed by atoms with Crippen LogP contribution in [0.1, 0.15) is 18.9 Å². The number of amides is 2. The number of hydrogen-bond acceptors (Lipinski definition) is 3. The summed E-state index contributed by atoms with van der Waals surface area (Å²) >= 11 is 3.37. The summed E-state index contributed by atoms with van der Waals surface area (Å²) in [5.74, 6) is -1.30. The van der Waals surface area contributed by atoms with Crippen LogP contribution in [0.15, 0.2) is 22.7 Å². The number of carbonyl (C=O) groups excluding carboxylic acids is 2. The van der Waals surface area contributed by atoms with Gasteiger partial charge in [0.05, 0.1) is 6.10 Å². The van der Waals surface area contributed by atoms with Crippen molar-refractivity contribution in [3.05, 3.63) is 28.2 Å². The lowest BCUT2D eigenvalue weighted by molar-refractivity contribution is -0.142. The predicted octanol–water partition coefficient (Wildman–Crippen LogP) is 1.93. The standard InChI is InChI=1S/C14H19BrN2O3/c1-9-8-11(4-5-12(9)15)16-13(19)14(20)17(3)7-6-10(2)18/h4-5,8,10,18H,6-7H2,1-3H3,(H,16,19). The summed E-state index contributed by atoms with van der Waals surface area (Å²) in [6, 6.07) is 5.32. The van der Waals surface area contributed by atoms with Crippen molar-refractivity contribution in [3.8, 4) is 0 Å². The molecule has 1 atom stereocenters. The lowest BCUT2D eigenvalue weighted by Gasteiger charge is -2.17. The number of aliphatic hydroxyl groups excluding tert-OH is 1. The zero-order valence-corrected chi connectivity index (χ0v) is 13.4. The number of aryl methyl sites for hydroxylation is 1. The highest BCUT2D eigenvalue weighted by Gasteiger charge is 2.19. The van der Waals surface area contributed by atoms with Crippen molar-refractivity contribution in [2.24, 2.45) is 0 Å². The number of anilines is 1. The Morgan fingerprint density at radius 2 is 2.10 bits per heavy atom. The number of rotatable bonds is 4. The van der Waals surface area contributed by atoms with Gasteiger partial charge in [-0.1, -0.05) is 15.9 Å². The van der Waals surface area contributed by atoms with Gasteiger partial charge in [0.2, 0.25) is 0 Å². The molecule has 20 heavy (non-hydrogen) atoms. The maximum atomic E-state index is 11.8. The molecule has 2 amide bonds. The van der Waals surface area contributed by atoms with E-state index in [0.29, 0.717) is 18.7 Å². The molecule has 0 saturated heterocycles. The van der Waals surface area contributed by atoms with Gasteiger partial charge in [0, 0.05) is 23.8 Å². The molecule has 0 bridgehead atoms. The van der Waals surface area contributed by atoms with Crippen LogP contribution >= 0.6 is 15.9 Å². The van der Waals surface area contributed by atoms with Crippen LogP contribution in [-0.2, 0) is 9.59 Å². The van der Waals surface area contributed by atoms with E-state index in [1.54, 1.807) is 19.1 Å². The van der Waals surface area contributed by atoms with Gasteiger partial charge in [0.15, 0.2) is 0 Å². The largest absolute Gasteiger partial charge is 0.393 e. The van der Waals surface area contributed by atoms with Crippen LogP contribution in [-0.4, -0.2) is 41.5 Å². The molecule has 0 aromatic heterocycles. The highest BCUT2D eigenvalue weighted by Crippen LogP contribution is 2.19. The Kier molecular flexibility index (Phi) is 6.16. The smallest absolute Gasteiger partial charge is 0.313 e. The molecule has 5 nitrogen and oxygen atoms in total. The van der Waals surface area contributed by atoms with Crippen molar-refractivity contribution < 1.29 is 14.7 Å². The van der Waals surface area contributed by atoms with Gasteiger partial charge in [-0.15, -0.1) is 0 Å². The molecule has 0 heterocycles. The van der Waals surface area contributed by atoms with E-state index in [-0.39, 0.29) is 0 Å². The minimum atomic E-state index is -0.681. The first-order valence-electron chi connectivity index (χ1n) is 6.32. The number of likely N-dealkylation sites (N-methyl/N-ethyl adjacent to an activating group) is 1. The third-order valence-electron chi connectivity index (χ3n) is 2.84. The van der Waals surface area contributed by atoms with E-state index in [4.69, 9.17) is 0 Å². The van der Waals surface area contributed by atoms with Crippen LogP contribution in [0, 0.1) is 6.92 Å². The molecular weight excluding hydrogens is 324 g/mol. The van der Waals surface area contributed by atoms with Gasteiger partial charge < -0.3 is 15.3 Å². The average Bonchev–Trinajstić information content (AvgIpc) is 2.39. The predicted molar refractivity (Wildman–Crippen MR) is 81.4 cm³/mol. The van der Waals surface area contributed by atoms with Gasteiger partial charge >= 0.3 is 11.8 Å². The highest BCUT2D eigenvalue weighted by atomic mass is 79.9. The quantitative estimate of drug-likeness (QED) is 0.821. The van der Waals surface area contributed by atoms with Gasteiger partial charge in [-0.05, 0) is 44.0 Å². The van der Waals surface area contributed by atoms with Crippen molar-refractivity contribution in [3.63, 3.8) is 0 Å². The van der Waals surface area contributed by atoms with Crippen molar-refractivity contribution in [1.29, 1.82) is 0 Å². The second-order valence-electron chi connectivity index (χ2n) is 4.78. The number of carbonyl (C=O) groups is 2. The number of hydrogen-bond donors (Lipinski definition) is 2. The van der Waals surface area contributed by atoms with Crippen molar-refractivity contribution in [1.82, 2.24) is 4.90 Å². The van der Waals surface area contributed by atoms with E-state index in [0.717, 1.165) is 10.0 Å². The van der Waals surface area contributed by atoms with E-state index in [1.165, 1.54) is 11.9 Å². The molecule has 2 N–H and O–H groups in total. The summed E-state index contributed by atoms with van der Waals surface area (Å²) in [6.07, 6.45) is -0.0603. The van der Waals surface area contributed by atoms with Crippen LogP contribution in [0.4, 0.5) is 5.69 Å². The summed E-state index contributed by atoms with van der Waals surface area (Å²) in [6.45, 7) is 3.88. The molecule has 1 aromatic rings. The molecule has 1 unspecified atom stereocenters. The molecule has 0 fully saturated rings. The minimum Gasteiger partial charge on any atom is -0.393 e. The van der Waals surface area contributed by atoms with Crippen LogP contribution in [0.25, 0.3) is 0 Å². The number of nitrogens with zero attached hydrogens (tertiary/aromatic N) is 1. The molecule has 1 rings (SSSR count). The van der Waals surface area contributed by atoms with Crippen LogP contribution in [0.2, 0.25) is 0 Å². The van der Waals surface area contributed by atoms with Gasteiger partial charge in [0.1, 0.15) is 0 Å². The molecule has 6 heteroatoms. The fourth-order valence-electron chi connectivity index (χ4n) is 1.56. The Balaban J connectivity index is 2.61. The second kappa shape index (κ2) is 7.40. The van der Waals surface area contributed by atoms with Crippen LogP contribution < -0.4 is 5.32 Å². The number of benzene rings is 1. The van der Waals surface area contributed by atoms with Crippen LogP contribution in [0.5, 0.6) is 0 Å². The maximum absolute atomic E-state index is 11.8. The molecule has 1 aromatic carbocycles. The summed E-state index contributed by atoms with van der Waals surface area (Å²) in [4.78, 5) is 25.0. The van der Waals surface area contributed by atoms with Crippen LogP contribution in [0.3, 0.4) is 0 Å². The zero-order chi connectivity index (χ0) is 15.3. The maximum Gasteiger partial charge on any atom is 0.313 e. The zero-order valence-electron chi connectivity index (χ0n) is 11.8. The van der Waals surface area contributed by atoms with Crippen molar-refractivity contribution >= 4 is 33.4 Å². The van der Waals surface area contributed by atoms with Crippen molar-refractivity contribution in [2.45, 2.75) is 26.4 Å². The highest BCUT2D eigenvalue weighted by molar-refractivity contribution is 9.10. The Hall–Kier alpha value is -1.40. The number of halogens is 1. The fourth-order valence-corrected chi connectivity index (χ4v) is 1.81. The van der Waals surface area contributed by atoms with E-state index < -0.39 is 17.9 Å². The molecule has 0 aliphatic carbocycles. The molecule has 110 valence electrons. The SMILES string of the molecule is Cc1cc(NC(=O)C(=O)N(C)CCC(C)O)ccc1Br. The molecule has 0 spiro atoms. The molecule has 0 aliphatic heterocycles. The van der Waals surface area contributed by atoms with E-state index >= 15 is 0 Å². The minimum absolute atomic E-state index is 0.337. The summed E-state index contributed by atoms with van der Waals surface area (Å²) in [7, 11) is 1.54. The van der Waals surface area contributed by atoms with E-state index in [9.17, 15) is 14.7 Å².